The van der Waals surface area contributed by atoms with Crippen molar-refractivity contribution in [3.8, 4) is 0 Å². The third-order valence-corrected chi connectivity index (χ3v) is 8.71. The molecule has 2 N–H and O–H groups in total. The highest BCUT2D eigenvalue weighted by Gasteiger charge is 2.67. The van der Waals surface area contributed by atoms with Crippen molar-refractivity contribution >= 4 is 5.78 Å². The molecule has 0 amide bonds. The number of aliphatic hydroxyl groups is 2. The molecule has 0 spiro atoms. The predicted molar refractivity (Wildman–Crippen MR) is 88.8 cm³/mol. The molecule has 4 rings (SSSR count). The molecule has 4 aliphatic rings. The normalized spacial score (nSPS) is 55.7. The van der Waals surface area contributed by atoms with E-state index in [1.807, 2.05) is 13.0 Å². The summed E-state index contributed by atoms with van der Waals surface area (Å²) in [7, 11) is 0. The smallest absolute Gasteiger partial charge is 0.155 e. The van der Waals surface area contributed by atoms with Gasteiger partial charge in [0.15, 0.2) is 5.78 Å². The first-order chi connectivity index (χ1) is 10.6. The Balaban J connectivity index is 1.77. The van der Waals surface area contributed by atoms with Gasteiger partial charge in [0.2, 0.25) is 0 Å². The Morgan fingerprint density at radius 3 is 2.43 bits per heavy atom. The summed E-state index contributed by atoms with van der Waals surface area (Å²) >= 11 is 0. The molecule has 3 saturated carbocycles. The topological polar surface area (TPSA) is 57.5 Å². The number of fused-ring (bicyclic) bond motifs is 5. The van der Waals surface area contributed by atoms with Crippen LogP contribution in [0.5, 0.6) is 0 Å². The molecule has 0 aromatic heterocycles. The van der Waals surface area contributed by atoms with Crippen molar-refractivity contribution in [2.24, 2.45) is 22.7 Å². The molecule has 3 fully saturated rings. The van der Waals surface area contributed by atoms with E-state index in [2.05, 4.69) is 13.8 Å². The van der Waals surface area contributed by atoms with Crippen molar-refractivity contribution in [1.29, 1.82) is 0 Å². The van der Waals surface area contributed by atoms with Crippen LogP contribution >= 0.6 is 0 Å². The first-order valence-electron chi connectivity index (χ1n) is 9.33. The lowest BCUT2D eigenvalue weighted by Gasteiger charge is -2.63. The van der Waals surface area contributed by atoms with Crippen LogP contribution in [0.15, 0.2) is 11.6 Å². The minimum absolute atomic E-state index is 0.0774. The van der Waals surface area contributed by atoms with E-state index in [0.717, 1.165) is 44.9 Å². The largest absolute Gasteiger partial charge is 0.390 e. The summed E-state index contributed by atoms with van der Waals surface area (Å²) in [6.07, 6.45) is 8.57. The van der Waals surface area contributed by atoms with E-state index in [0.29, 0.717) is 12.3 Å². The Bertz CT molecular complexity index is 592. The summed E-state index contributed by atoms with van der Waals surface area (Å²) in [5.41, 5.74) is -0.465. The molecular formula is C20H30O3. The van der Waals surface area contributed by atoms with Crippen LogP contribution in [0.2, 0.25) is 0 Å². The van der Waals surface area contributed by atoms with Crippen molar-refractivity contribution in [2.75, 3.05) is 0 Å². The molecule has 1 unspecified atom stereocenters. The van der Waals surface area contributed by atoms with Gasteiger partial charge in [-0.25, -0.2) is 0 Å². The molecule has 3 heteroatoms. The molecule has 0 radical (unpaired) electrons. The van der Waals surface area contributed by atoms with Gasteiger partial charge in [0.25, 0.3) is 0 Å². The number of carbonyl (C=O) groups is 1. The Hall–Kier alpha value is -0.670. The van der Waals surface area contributed by atoms with Gasteiger partial charge < -0.3 is 10.2 Å². The third kappa shape index (κ3) is 1.76. The Kier molecular flexibility index (Phi) is 3.09. The Morgan fingerprint density at radius 2 is 1.70 bits per heavy atom. The minimum Gasteiger partial charge on any atom is -0.390 e. The van der Waals surface area contributed by atoms with Crippen molar-refractivity contribution in [2.45, 2.75) is 83.3 Å². The molecule has 0 saturated heterocycles. The average Bonchev–Trinajstić information content (AvgIpc) is 2.72. The van der Waals surface area contributed by atoms with Crippen LogP contribution < -0.4 is 0 Å². The highest BCUT2D eigenvalue weighted by Crippen LogP contribution is 2.68. The number of hydrogen-bond acceptors (Lipinski definition) is 3. The fraction of sp³-hybridized carbons (Fsp3) is 0.850. The summed E-state index contributed by atoms with van der Waals surface area (Å²) in [4.78, 5) is 11.9. The average molecular weight is 318 g/mol. The monoisotopic (exact) mass is 318 g/mol. The van der Waals surface area contributed by atoms with Crippen LogP contribution in [0.25, 0.3) is 0 Å². The van der Waals surface area contributed by atoms with Gasteiger partial charge in [0.1, 0.15) is 0 Å². The zero-order valence-corrected chi connectivity index (χ0v) is 14.7. The minimum atomic E-state index is -0.706. The molecule has 0 bridgehead atoms. The molecular weight excluding hydrogens is 288 g/mol. The lowest BCUT2D eigenvalue weighted by atomic mass is 9.44. The highest BCUT2D eigenvalue weighted by molar-refractivity contribution is 5.91. The van der Waals surface area contributed by atoms with Crippen LogP contribution in [0, 0.1) is 22.7 Å². The van der Waals surface area contributed by atoms with Crippen LogP contribution in [-0.2, 0) is 4.79 Å². The Labute approximate surface area is 139 Å². The van der Waals surface area contributed by atoms with E-state index < -0.39 is 11.2 Å². The zero-order chi connectivity index (χ0) is 16.7. The zero-order valence-electron chi connectivity index (χ0n) is 14.7. The molecule has 23 heavy (non-hydrogen) atoms. The SMILES string of the molecule is CC1(O)CC[C@H]2[C@@H]3CCC4=CC(=O)CC[C@]4(C)[C@]3(O)CC[C@@]21C. The maximum atomic E-state index is 11.9. The molecule has 6 atom stereocenters. The summed E-state index contributed by atoms with van der Waals surface area (Å²) in [6.45, 7) is 6.42. The Morgan fingerprint density at radius 1 is 0.957 bits per heavy atom. The van der Waals surface area contributed by atoms with Crippen LogP contribution in [0.3, 0.4) is 0 Å². The predicted octanol–water partition coefficient (Wildman–Crippen LogP) is 3.38. The van der Waals surface area contributed by atoms with Crippen LogP contribution in [0.4, 0.5) is 0 Å². The van der Waals surface area contributed by atoms with Gasteiger partial charge in [-0.3, -0.25) is 4.79 Å². The van der Waals surface area contributed by atoms with Crippen molar-refractivity contribution < 1.29 is 15.0 Å². The molecule has 0 heterocycles. The van der Waals surface area contributed by atoms with E-state index in [1.54, 1.807) is 0 Å². The summed E-state index contributed by atoms with van der Waals surface area (Å²) in [6, 6.07) is 0. The van der Waals surface area contributed by atoms with E-state index in [-0.39, 0.29) is 22.5 Å². The molecule has 0 aromatic carbocycles. The molecule has 4 aliphatic carbocycles. The number of ketones is 1. The van der Waals surface area contributed by atoms with Crippen molar-refractivity contribution in [3.63, 3.8) is 0 Å². The second kappa shape index (κ2) is 4.49. The number of hydrogen-bond donors (Lipinski definition) is 2. The lowest BCUT2D eigenvalue weighted by molar-refractivity contribution is -0.207. The maximum Gasteiger partial charge on any atom is 0.155 e. The number of carbonyl (C=O) groups excluding carboxylic acids is 1. The van der Waals surface area contributed by atoms with E-state index in [9.17, 15) is 15.0 Å². The summed E-state index contributed by atoms with van der Waals surface area (Å²) < 4.78 is 0. The van der Waals surface area contributed by atoms with Crippen molar-refractivity contribution in [1.82, 2.24) is 0 Å². The standard InChI is InChI=1S/C20H30O3/c1-17-8-6-14(21)12-13(17)4-5-16-15-7-9-19(3,22)18(15,2)10-11-20(16,17)23/h12,15-16,22-23H,4-11H2,1-3H3/t15-,16-,17-,18-,19?,20-/m0/s1. The van der Waals surface area contributed by atoms with E-state index in [4.69, 9.17) is 0 Å². The van der Waals surface area contributed by atoms with Crippen LogP contribution in [0.1, 0.15) is 72.1 Å². The highest BCUT2D eigenvalue weighted by atomic mass is 16.3. The van der Waals surface area contributed by atoms with E-state index >= 15 is 0 Å². The lowest BCUT2D eigenvalue weighted by Crippen LogP contribution is -2.64. The number of rotatable bonds is 0. The third-order valence-electron chi connectivity index (χ3n) is 8.71. The fourth-order valence-electron chi connectivity index (χ4n) is 6.75. The second-order valence-corrected chi connectivity index (χ2v) is 9.37. The summed E-state index contributed by atoms with van der Waals surface area (Å²) in [5.74, 6) is 0.877. The first-order valence-corrected chi connectivity index (χ1v) is 9.33. The van der Waals surface area contributed by atoms with Gasteiger partial charge in [0, 0.05) is 11.8 Å². The van der Waals surface area contributed by atoms with Gasteiger partial charge in [-0.1, -0.05) is 19.4 Å². The maximum absolute atomic E-state index is 11.9. The molecule has 0 aromatic rings. The van der Waals surface area contributed by atoms with Gasteiger partial charge >= 0.3 is 0 Å². The second-order valence-electron chi connectivity index (χ2n) is 9.37. The fourth-order valence-corrected chi connectivity index (χ4v) is 6.75. The first kappa shape index (κ1) is 15.8. The summed E-state index contributed by atoms with van der Waals surface area (Å²) in [5, 5.41) is 22.7. The van der Waals surface area contributed by atoms with Gasteiger partial charge in [0.05, 0.1) is 11.2 Å². The molecule has 0 aliphatic heterocycles. The van der Waals surface area contributed by atoms with Gasteiger partial charge in [-0.2, -0.15) is 0 Å². The molecule has 3 nitrogen and oxygen atoms in total. The van der Waals surface area contributed by atoms with E-state index in [1.165, 1.54) is 5.57 Å². The van der Waals surface area contributed by atoms with Crippen molar-refractivity contribution in [3.05, 3.63) is 11.6 Å². The quantitative estimate of drug-likeness (QED) is 0.720. The van der Waals surface area contributed by atoms with Crippen LogP contribution in [-0.4, -0.2) is 27.2 Å². The van der Waals surface area contributed by atoms with Gasteiger partial charge in [-0.05, 0) is 75.2 Å². The molecule has 128 valence electrons. The van der Waals surface area contributed by atoms with Gasteiger partial charge in [-0.15, -0.1) is 0 Å².